The third-order valence-electron chi connectivity index (χ3n) is 4.64. The van der Waals surface area contributed by atoms with Gasteiger partial charge in [0, 0.05) is 36.5 Å². The van der Waals surface area contributed by atoms with Crippen molar-refractivity contribution in [3.63, 3.8) is 0 Å². The zero-order chi connectivity index (χ0) is 20.5. The number of rotatable bonds is 5. The van der Waals surface area contributed by atoms with Crippen LogP contribution >= 0.6 is 0 Å². The number of halogens is 1. The largest absolute Gasteiger partial charge is 0.456 e. The van der Waals surface area contributed by atoms with Gasteiger partial charge in [-0.3, -0.25) is 14.5 Å². The van der Waals surface area contributed by atoms with Crippen molar-refractivity contribution in [2.45, 2.75) is 13.3 Å². The number of aromatic nitrogens is 4. The van der Waals surface area contributed by atoms with E-state index < -0.39 is 11.9 Å². The number of nitrogens with two attached hydrogens (primary N) is 1. The third-order valence-corrected chi connectivity index (χ3v) is 4.64. The average Bonchev–Trinajstić information content (AvgIpc) is 3.00. The first-order chi connectivity index (χ1) is 14.0. The number of fused-ring (bicyclic) bond motifs is 1. The molecule has 0 aliphatic heterocycles. The quantitative estimate of drug-likeness (QED) is 0.560. The van der Waals surface area contributed by atoms with Crippen LogP contribution in [0.4, 0.5) is 4.39 Å². The Morgan fingerprint density at radius 3 is 2.76 bits per heavy atom. The number of benzene rings is 1. The van der Waals surface area contributed by atoms with Crippen molar-refractivity contribution in [2.24, 2.45) is 12.8 Å². The Morgan fingerprint density at radius 1 is 1.17 bits per heavy atom. The highest BCUT2D eigenvalue weighted by atomic mass is 19.1. The smallest absolute Gasteiger partial charge is 0.258 e. The van der Waals surface area contributed by atoms with Gasteiger partial charge in [-0.1, -0.05) is 13.0 Å². The van der Waals surface area contributed by atoms with Crippen molar-refractivity contribution in [1.29, 1.82) is 0 Å². The molecular weight excluding hydrogens is 373 g/mol. The number of hydrogen-bond donors (Lipinski definition) is 1. The summed E-state index contributed by atoms with van der Waals surface area (Å²) in [4.78, 5) is 20.0. The molecule has 0 radical (unpaired) electrons. The first kappa shape index (κ1) is 18.5. The van der Waals surface area contributed by atoms with Gasteiger partial charge in [0.1, 0.15) is 17.0 Å². The van der Waals surface area contributed by atoms with Crippen molar-refractivity contribution in [1.82, 2.24) is 19.7 Å². The minimum absolute atomic E-state index is 0.192. The Balaban J connectivity index is 1.66. The third kappa shape index (κ3) is 3.52. The molecular formula is C21H18FN5O2. The molecule has 146 valence electrons. The zero-order valence-corrected chi connectivity index (χ0v) is 15.9. The number of pyridine rings is 2. The molecule has 0 spiro atoms. The van der Waals surface area contributed by atoms with Gasteiger partial charge in [0.2, 0.25) is 5.91 Å². The molecule has 7 nitrogen and oxygen atoms in total. The normalized spacial score (nSPS) is 11.0. The molecule has 0 bridgehead atoms. The van der Waals surface area contributed by atoms with E-state index in [0.29, 0.717) is 34.7 Å². The molecule has 4 rings (SSSR count). The molecule has 29 heavy (non-hydrogen) atoms. The maximum absolute atomic E-state index is 13.7. The number of carbonyl (C=O) groups is 1. The number of ether oxygens (including phenoxy) is 1. The van der Waals surface area contributed by atoms with Crippen LogP contribution in [-0.2, 0) is 13.5 Å². The van der Waals surface area contributed by atoms with Gasteiger partial charge in [-0.15, -0.1) is 5.10 Å². The van der Waals surface area contributed by atoms with Crippen molar-refractivity contribution in [2.75, 3.05) is 0 Å². The Kier molecular flexibility index (Phi) is 4.67. The highest BCUT2D eigenvalue weighted by Gasteiger charge is 2.12. The lowest BCUT2D eigenvalue weighted by Gasteiger charge is -2.10. The molecule has 1 aromatic carbocycles. The molecule has 3 heterocycles. The summed E-state index contributed by atoms with van der Waals surface area (Å²) in [6, 6.07) is 10.6. The Morgan fingerprint density at radius 2 is 2.00 bits per heavy atom. The number of hydrogen-bond acceptors (Lipinski definition) is 5. The Labute approximate surface area is 166 Å². The number of amides is 1. The molecule has 0 unspecified atom stereocenters. The van der Waals surface area contributed by atoms with Crippen LogP contribution in [0.15, 0.2) is 48.8 Å². The van der Waals surface area contributed by atoms with E-state index in [-0.39, 0.29) is 5.52 Å². The summed E-state index contributed by atoms with van der Waals surface area (Å²) in [5.41, 5.74) is 9.05. The van der Waals surface area contributed by atoms with Gasteiger partial charge >= 0.3 is 0 Å². The van der Waals surface area contributed by atoms with Crippen LogP contribution in [0.25, 0.3) is 22.3 Å². The van der Waals surface area contributed by atoms with Gasteiger partial charge in [-0.2, -0.15) is 4.39 Å². The highest BCUT2D eigenvalue weighted by molar-refractivity contribution is 5.95. The summed E-state index contributed by atoms with van der Waals surface area (Å²) in [5.74, 6) is -0.0638. The van der Waals surface area contributed by atoms with Gasteiger partial charge in [0.05, 0.1) is 17.4 Å². The molecule has 0 saturated heterocycles. The lowest BCUT2D eigenvalue weighted by Crippen LogP contribution is -2.13. The average molecular weight is 391 g/mol. The summed E-state index contributed by atoms with van der Waals surface area (Å²) < 4.78 is 21.0. The summed E-state index contributed by atoms with van der Waals surface area (Å²) >= 11 is 0. The van der Waals surface area contributed by atoms with Crippen molar-refractivity contribution >= 4 is 16.9 Å². The SMILES string of the molecule is CCc1cc(-c2cc(Oc3cnc4c(F)nn(C)c4c3)ccn2)ccc1C(N)=O. The fourth-order valence-corrected chi connectivity index (χ4v) is 3.18. The number of aryl methyl sites for hydroxylation is 2. The maximum atomic E-state index is 13.7. The van der Waals surface area contributed by atoms with E-state index in [1.165, 1.54) is 10.9 Å². The summed E-state index contributed by atoms with van der Waals surface area (Å²) in [6.07, 6.45) is 3.76. The predicted molar refractivity (Wildman–Crippen MR) is 106 cm³/mol. The highest BCUT2D eigenvalue weighted by Crippen LogP contribution is 2.28. The molecule has 1 amide bonds. The summed E-state index contributed by atoms with van der Waals surface area (Å²) in [6.45, 7) is 1.96. The van der Waals surface area contributed by atoms with Crippen LogP contribution in [0.5, 0.6) is 11.5 Å². The molecule has 8 heteroatoms. The fraction of sp³-hybridized carbons (Fsp3) is 0.143. The van der Waals surface area contributed by atoms with Gasteiger partial charge < -0.3 is 10.5 Å². The molecule has 0 fully saturated rings. The number of carbonyl (C=O) groups excluding carboxylic acids is 1. The van der Waals surface area contributed by atoms with Gasteiger partial charge in [0.25, 0.3) is 5.95 Å². The molecule has 0 atom stereocenters. The second-order valence-corrected chi connectivity index (χ2v) is 6.52. The van der Waals surface area contributed by atoms with Gasteiger partial charge in [0.15, 0.2) is 0 Å². The lowest BCUT2D eigenvalue weighted by atomic mass is 9.99. The Hall–Kier alpha value is -3.81. The first-order valence-corrected chi connectivity index (χ1v) is 9.01. The van der Waals surface area contributed by atoms with E-state index in [4.69, 9.17) is 10.5 Å². The van der Waals surface area contributed by atoms with Gasteiger partial charge in [-0.05, 0) is 30.2 Å². The minimum Gasteiger partial charge on any atom is -0.456 e. The minimum atomic E-state index is -0.619. The van der Waals surface area contributed by atoms with E-state index in [9.17, 15) is 9.18 Å². The second kappa shape index (κ2) is 7.31. The topological polar surface area (TPSA) is 95.9 Å². The van der Waals surface area contributed by atoms with Crippen molar-refractivity contribution in [3.05, 3.63) is 65.9 Å². The summed E-state index contributed by atoms with van der Waals surface area (Å²) in [5, 5.41) is 3.72. The predicted octanol–water partition coefficient (Wildman–Crippen LogP) is 3.62. The van der Waals surface area contributed by atoms with Crippen LogP contribution in [0.1, 0.15) is 22.8 Å². The number of nitrogens with zero attached hydrogens (tertiary/aromatic N) is 4. The second-order valence-electron chi connectivity index (χ2n) is 6.52. The fourth-order valence-electron chi connectivity index (χ4n) is 3.18. The molecule has 0 aliphatic carbocycles. The molecule has 2 N–H and O–H groups in total. The van der Waals surface area contributed by atoms with Gasteiger partial charge in [-0.25, -0.2) is 4.98 Å². The standard InChI is InChI=1S/C21H18FN5O2/c1-3-12-8-13(4-5-16(12)21(23)28)17-9-14(6-7-24-17)29-15-10-18-19(25-11-15)20(22)26-27(18)2/h4-11H,3H2,1-2H3,(H2,23,28). The van der Waals surface area contributed by atoms with Crippen LogP contribution in [0.3, 0.4) is 0 Å². The maximum Gasteiger partial charge on any atom is 0.258 e. The van der Waals surface area contributed by atoms with E-state index in [1.54, 1.807) is 43.6 Å². The van der Waals surface area contributed by atoms with E-state index >= 15 is 0 Å². The van der Waals surface area contributed by atoms with E-state index in [2.05, 4.69) is 15.1 Å². The lowest BCUT2D eigenvalue weighted by molar-refractivity contribution is 0.0999. The number of primary amides is 1. The summed E-state index contributed by atoms with van der Waals surface area (Å²) in [7, 11) is 1.64. The van der Waals surface area contributed by atoms with Crippen LogP contribution < -0.4 is 10.5 Å². The van der Waals surface area contributed by atoms with Crippen LogP contribution in [0.2, 0.25) is 0 Å². The monoisotopic (exact) mass is 391 g/mol. The first-order valence-electron chi connectivity index (χ1n) is 9.01. The van der Waals surface area contributed by atoms with Crippen molar-refractivity contribution < 1.29 is 13.9 Å². The molecule has 4 aromatic rings. The Bertz CT molecular complexity index is 1240. The molecule has 3 aromatic heterocycles. The zero-order valence-electron chi connectivity index (χ0n) is 15.9. The van der Waals surface area contributed by atoms with E-state index in [0.717, 1.165) is 11.1 Å². The van der Waals surface area contributed by atoms with Crippen LogP contribution in [-0.4, -0.2) is 25.7 Å². The van der Waals surface area contributed by atoms with E-state index in [1.807, 2.05) is 13.0 Å². The molecule has 0 aliphatic rings. The van der Waals surface area contributed by atoms with Crippen LogP contribution in [0, 0.1) is 5.95 Å². The van der Waals surface area contributed by atoms with Crippen molar-refractivity contribution in [3.8, 4) is 22.8 Å². The molecule has 0 saturated carbocycles.